The van der Waals surface area contributed by atoms with Crippen molar-refractivity contribution in [2.75, 3.05) is 0 Å². The van der Waals surface area contributed by atoms with E-state index in [0.717, 1.165) is 20.3 Å². The van der Waals surface area contributed by atoms with Crippen LogP contribution in [-0.4, -0.2) is 0 Å². The molecule has 0 atom stereocenters. The molecular weight excluding hydrogens is 403 g/mol. The van der Waals surface area contributed by atoms with Gasteiger partial charge in [-0.1, -0.05) is 27.5 Å². The summed E-state index contributed by atoms with van der Waals surface area (Å²) in [7, 11) is 0. The number of hydrogen-bond donors (Lipinski definition) is 0. The van der Waals surface area contributed by atoms with Gasteiger partial charge >= 0.3 is 0 Å². The smallest absolute Gasteiger partial charge is 0.141 e. The summed E-state index contributed by atoms with van der Waals surface area (Å²) >= 11 is 18.6. The minimum Gasteiger partial charge on any atom is -0.456 e. The number of hydrogen-bond acceptors (Lipinski definition) is 1. The molecule has 0 unspecified atom stereocenters. The maximum Gasteiger partial charge on any atom is 0.141 e. The van der Waals surface area contributed by atoms with Gasteiger partial charge in [-0.3, -0.25) is 0 Å². The summed E-state index contributed by atoms with van der Waals surface area (Å²) in [6, 6.07) is 11.1. The topological polar surface area (TPSA) is 9.23 Å². The normalized spacial score (nSPS) is 10.4. The summed E-state index contributed by atoms with van der Waals surface area (Å²) in [4.78, 5) is 0. The van der Waals surface area contributed by atoms with Crippen molar-refractivity contribution in [3.63, 3.8) is 0 Å². The molecule has 1 nitrogen and oxygen atoms in total. The fourth-order valence-electron chi connectivity index (χ4n) is 1.43. The lowest BCUT2D eigenvalue weighted by Gasteiger charge is -2.11. The Morgan fingerprint density at radius 1 is 1.00 bits per heavy atom. The highest BCUT2D eigenvalue weighted by Gasteiger charge is 2.08. The van der Waals surface area contributed by atoms with Crippen LogP contribution in [-0.2, 0) is 5.88 Å². The van der Waals surface area contributed by atoms with Crippen molar-refractivity contribution < 1.29 is 4.74 Å². The van der Waals surface area contributed by atoms with E-state index >= 15 is 0 Å². The van der Waals surface area contributed by atoms with Crippen LogP contribution in [0.15, 0.2) is 45.3 Å². The van der Waals surface area contributed by atoms with Crippen LogP contribution >= 0.6 is 55.1 Å². The summed E-state index contributed by atoms with van der Waals surface area (Å²) in [5, 5.41) is 0.646. The average Bonchev–Trinajstić information content (AvgIpc) is 2.34. The summed E-state index contributed by atoms with van der Waals surface area (Å²) in [6.45, 7) is 0. The van der Waals surface area contributed by atoms with Gasteiger partial charge in [0.05, 0.1) is 10.4 Å². The molecule has 0 aromatic heterocycles. The first-order chi connectivity index (χ1) is 8.60. The van der Waals surface area contributed by atoms with Crippen LogP contribution in [0.5, 0.6) is 11.5 Å². The summed E-state index contributed by atoms with van der Waals surface area (Å²) in [6.07, 6.45) is 0. The van der Waals surface area contributed by atoms with Crippen molar-refractivity contribution in [1.82, 2.24) is 0 Å². The fraction of sp³-hybridized carbons (Fsp3) is 0.0769. The Morgan fingerprint density at radius 2 is 1.72 bits per heavy atom. The third kappa shape index (κ3) is 3.41. The maximum atomic E-state index is 5.92. The lowest BCUT2D eigenvalue weighted by Crippen LogP contribution is -1.90. The Balaban J connectivity index is 2.33. The molecule has 0 amide bonds. The zero-order chi connectivity index (χ0) is 13.1. The van der Waals surface area contributed by atoms with E-state index in [1.165, 1.54) is 0 Å². The van der Waals surface area contributed by atoms with Crippen LogP contribution in [0.4, 0.5) is 0 Å². The second-order valence-corrected chi connectivity index (χ2v) is 6.04. The number of halogens is 4. The van der Waals surface area contributed by atoms with Crippen molar-refractivity contribution >= 4 is 55.1 Å². The summed E-state index contributed by atoms with van der Waals surface area (Å²) < 4.78 is 7.68. The van der Waals surface area contributed by atoms with Gasteiger partial charge in [-0.2, -0.15) is 0 Å². The molecule has 0 spiro atoms. The summed E-state index contributed by atoms with van der Waals surface area (Å²) in [5.41, 5.74) is 0.860. The minimum atomic E-state index is 0.351. The van der Waals surface area contributed by atoms with Gasteiger partial charge in [0, 0.05) is 15.1 Å². The van der Waals surface area contributed by atoms with Crippen LogP contribution in [0.2, 0.25) is 5.02 Å². The molecule has 0 heterocycles. The highest BCUT2D eigenvalue weighted by molar-refractivity contribution is 9.11. The third-order valence-electron chi connectivity index (χ3n) is 2.28. The number of ether oxygens (including phenoxy) is 1. The second kappa shape index (κ2) is 6.29. The van der Waals surface area contributed by atoms with E-state index in [1.807, 2.05) is 24.3 Å². The van der Waals surface area contributed by atoms with Gasteiger partial charge in [0.25, 0.3) is 0 Å². The largest absolute Gasteiger partial charge is 0.456 e. The molecule has 0 saturated heterocycles. The average molecular weight is 411 g/mol. The van der Waals surface area contributed by atoms with Crippen molar-refractivity contribution in [2.45, 2.75) is 5.88 Å². The Bertz CT molecular complexity index is 573. The molecule has 0 fully saturated rings. The molecule has 0 aliphatic heterocycles. The maximum absolute atomic E-state index is 5.92. The Labute approximate surface area is 132 Å². The van der Waals surface area contributed by atoms with Gasteiger partial charge in [0.2, 0.25) is 0 Å². The molecule has 0 aliphatic carbocycles. The number of alkyl halides is 1. The SMILES string of the molecule is ClCc1cc(Cl)ccc1Oc1ccc(Br)cc1Br. The Hall–Kier alpha value is -0.220. The van der Waals surface area contributed by atoms with E-state index in [9.17, 15) is 0 Å². The first-order valence-electron chi connectivity index (χ1n) is 5.07. The zero-order valence-corrected chi connectivity index (χ0v) is 13.8. The monoisotopic (exact) mass is 408 g/mol. The zero-order valence-electron chi connectivity index (χ0n) is 9.09. The van der Waals surface area contributed by atoms with Crippen molar-refractivity contribution in [2.24, 2.45) is 0 Å². The van der Waals surface area contributed by atoms with E-state index in [-0.39, 0.29) is 0 Å². The van der Waals surface area contributed by atoms with E-state index < -0.39 is 0 Å². The molecule has 2 rings (SSSR count). The fourth-order valence-corrected chi connectivity index (χ4v) is 2.96. The number of rotatable bonds is 3. The predicted molar refractivity (Wildman–Crippen MR) is 82.9 cm³/mol. The summed E-state index contributed by atoms with van der Waals surface area (Å²) in [5.74, 6) is 1.79. The second-order valence-electron chi connectivity index (χ2n) is 3.56. The van der Waals surface area contributed by atoms with Gasteiger partial charge in [0.15, 0.2) is 0 Å². The molecule has 0 N–H and O–H groups in total. The van der Waals surface area contributed by atoms with Crippen LogP contribution in [0.1, 0.15) is 5.56 Å². The van der Waals surface area contributed by atoms with Gasteiger partial charge in [-0.15, -0.1) is 11.6 Å². The Kier molecular flexibility index (Phi) is 4.96. The first-order valence-corrected chi connectivity index (χ1v) is 7.57. The molecule has 0 bridgehead atoms. The quantitative estimate of drug-likeness (QED) is 0.532. The van der Waals surface area contributed by atoms with Gasteiger partial charge < -0.3 is 4.74 Å². The lowest BCUT2D eigenvalue weighted by atomic mass is 10.2. The predicted octanol–water partition coefficient (Wildman–Crippen LogP) is 6.40. The van der Waals surface area contributed by atoms with E-state index in [1.54, 1.807) is 12.1 Å². The molecule has 0 radical (unpaired) electrons. The molecular formula is C13H8Br2Cl2O. The minimum absolute atomic E-state index is 0.351. The third-order valence-corrected chi connectivity index (χ3v) is 3.92. The number of benzene rings is 2. The van der Waals surface area contributed by atoms with Crippen molar-refractivity contribution in [1.29, 1.82) is 0 Å². The van der Waals surface area contributed by atoms with Crippen LogP contribution in [0, 0.1) is 0 Å². The van der Waals surface area contributed by atoms with Gasteiger partial charge in [-0.25, -0.2) is 0 Å². The highest BCUT2D eigenvalue weighted by Crippen LogP contribution is 2.34. The molecule has 0 saturated carbocycles. The molecule has 18 heavy (non-hydrogen) atoms. The van der Waals surface area contributed by atoms with Gasteiger partial charge in [-0.05, 0) is 52.3 Å². The molecule has 2 aromatic carbocycles. The Morgan fingerprint density at radius 3 is 2.39 bits per heavy atom. The standard InChI is InChI=1S/C13H8Br2Cl2O/c14-9-1-3-13(11(15)6-9)18-12-4-2-10(17)5-8(12)7-16/h1-6H,7H2. The van der Waals surface area contributed by atoms with E-state index in [2.05, 4.69) is 31.9 Å². The molecule has 5 heteroatoms. The highest BCUT2D eigenvalue weighted by atomic mass is 79.9. The van der Waals surface area contributed by atoms with Crippen molar-refractivity contribution in [3.05, 3.63) is 55.9 Å². The van der Waals surface area contributed by atoms with Crippen LogP contribution in [0.3, 0.4) is 0 Å². The van der Waals surface area contributed by atoms with E-state index in [0.29, 0.717) is 16.7 Å². The molecule has 2 aromatic rings. The molecule has 0 aliphatic rings. The first kappa shape index (κ1) is 14.2. The van der Waals surface area contributed by atoms with Crippen molar-refractivity contribution in [3.8, 4) is 11.5 Å². The van der Waals surface area contributed by atoms with Gasteiger partial charge in [0.1, 0.15) is 11.5 Å². The molecule has 94 valence electrons. The lowest BCUT2D eigenvalue weighted by molar-refractivity contribution is 0.475. The van der Waals surface area contributed by atoms with Crippen LogP contribution < -0.4 is 4.74 Å². The van der Waals surface area contributed by atoms with Crippen LogP contribution in [0.25, 0.3) is 0 Å². The van der Waals surface area contributed by atoms with E-state index in [4.69, 9.17) is 27.9 Å².